The number of aryl methyl sites for hydroxylation is 1. The number of aromatic nitrogens is 2. The third kappa shape index (κ3) is 2.98. The molecule has 1 N–H and O–H groups in total. The number of alkyl halides is 3. The van der Waals surface area contributed by atoms with Crippen LogP contribution in [0.1, 0.15) is 21.7 Å². The molecule has 2 rings (SSSR count). The van der Waals surface area contributed by atoms with Crippen LogP contribution in [0.4, 0.5) is 13.2 Å². The Morgan fingerprint density at radius 2 is 2.05 bits per heavy atom. The summed E-state index contributed by atoms with van der Waals surface area (Å²) in [5.74, 6) is -0.219. The Kier molecular flexibility index (Phi) is 3.78. The van der Waals surface area contributed by atoms with Crippen LogP contribution >= 0.6 is 0 Å². The molecule has 0 fully saturated rings. The summed E-state index contributed by atoms with van der Waals surface area (Å²) in [6, 6.07) is 4.68. The number of imidazole rings is 1. The molecule has 1 heterocycles. The molecule has 0 spiro atoms. The minimum absolute atomic E-state index is 0.0640. The molecule has 2 aromatic rings. The van der Waals surface area contributed by atoms with Crippen molar-refractivity contribution in [2.75, 3.05) is 0 Å². The lowest BCUT2D eigenvalue weighted by Gasteiger charge is -2.12. The van der Waals surface area contributed by atoms with Crippen LogP contribution in [0.5, 0.6) is 0 Å². The molecule has 7 heteroatoms. The second kappa shape index (κ2) is 5.36. The third-order valence-electron chi connectivity index (χ3n) is 2.81. The lowest BCUT2D eigenvalue weighted by atomic mass is 10.1. The third-order valence-corrected chi connectivity index (χ3v) is 2.81. The first-order chi connectivity index (χ1) is 9.39. The average molecular weight is 283 g/mol. The van der Waals surface area contributed by atoms with Crippen molar-refractivity contribution in [1.82, 2.24) is 14.9 Å². The van der Waals surface area contributed by atoms with Crippen molar-refractivity contribution in [2.24, 2.45) is 7.05 Å². The van der Waals surface area contributed by atoms with Crippen molar-refractivity contribution in [1.29, 1.82) is 0 Å². The molecule has 1 amide bonds. The van der Waals surface area contributed by atoms with Crippen molar-refractivity contribution >= 4 is 5.91 Å². The van der Waals surface area contributed by atoms with Gasteiger partial charge in [0.1, 0.15) is 5.82 Å². The van der Waals surface area contributed by atoms with Gasteiger partial charge in [0.15, 0.2) is 0 Å². The quantitative estimate of drug-likeness (QED) is 0.940. The number of hydrogen-bond acceptors (Lipinski definition) is 2. The van der Waals surface area contributed by atoms with E-state index in [-0.39, 0.29) is 6.54 Å². The summed E-state index contributed by atoms with van der Waals surface area (Å²) in [7, 11) is 1.73. The van der Waals surface area contributed by atoms with E-state index in [2.05, 4.69) is 10.3 Å². The van der Waals surface area contributed by atoms with Crippen LogP contribution < -0.4 is 5.32 Å². The van der Waals surface area contributed by atoms with E-state index < -0.39 is 23.2 Å². The summed E-state index contributed by atoms with van der Waals surface area (Å²) in [5.41, 5.74) is -1.34. The molecule has 0 unspecified atom stereocenters. The fraction of sp³-hybridized carbons (Fsp3) is 0.231. The van der Waals surface area contributed by atoms with Crippen molar-refractivity contribution in [3.63, 3.8) is 0 Å². The molecule has 0 atom stereocenters. The smallest absolute Gasteiger partial charge is 0.345 e. The highest BCUT2D eigenvalue weighted by Crippen LogP contribution is 2.31. The Hall–Kier alpha value is -2.31. The Labute approximate surface area is 113 Å². The van der Waals surface area contributed by atoms with Gasteiger partial charge in [-0.05, 0) is 12.1 Å². The molecule has 0 aliphatic rings. The second-order valence-corrected chi connectivity index (χ2v) is 4.18. The summed E-state index contributed by atoms with van der Waals surface area (Å²) in [5, 5.41) is 2.43. The molecule has 106 valence electrons. The molecule has 0 bridgehead atoms. The Bertz CT molecular complexity index is 619. The van der Waals surface area contributed by atoms with Crippen molar-refractivity contribution in [3.8, 4) is 0 Å². The van der Waals surface area contributed by atoms with Gasteiger partial charge in [-0.2, -0.15) is 13.2 Å². The van der Waals surface area contributed by atoms with Gasteiger partial charge in [-0.15, -0.1) is 0 Å². The van der Waals surface area contributed by atoms with Gasteiger partial charge in [0.05, 0.1) is 17.7 Å². The highest BCUT2D eigenvalue weighted by atomic mass is 19.4. The monoisotopic (exact) mass is 283 g/mol. The number of nitrogens with zero attached hydrogens (tertiary/aromatic N) is 2. The van der Waals surface area contributed by atoms with Gasteiger partial charge >= 0.3 is 6.18 Å². The van der Waals surface area contributed by atoms with Crippen LogP contribution in [-0.4, -0.2) is 15.5 Å². The van der Waals surface area contributed by atoms with Gasteiger partial charge in [0, 0.05) is 19.4 Å². The second-order valence-electron chi connectivity index (χ2n) is 4.18. The molecular formula is C13H12F3N3O. The van der Waals surface area contributed by atoms with Gasteiger partial charge in [-0.3, -0.25) is 4.79 Å². The predicted octanol–water partition coefficient (Wildman–Crippen LogP) is 2.37. The minimum Gasteiger partial charge on any atom is -0.345 e. The standard InChI is InChI=1S/C13H12F3N3O/c1-19-7-6-17-11(19)8-18-12(20)9-4-2-3-5-10(9)13(14,15)16/h2-7H,8H2,1H3,(H,18,20). The summed E-state index contributed by atoms with van der Waals surface area (Å²) in [6.45, 7) is 0.0640. The first kappa shape index (κ1) is 14.1. The molecule has 0 saturated carbocycles. The maximum Gasteiger partial charge on any atom is 0.417 e. The van der Waals surface area contributed by atoms with Gasteiger partial charge in [-0.1, -0.05) is 12.1 Å². The van der Waals surface area contributed by atoms with Crippen molar-refractivity contribution in [3.05, 3.63) is 53.6 Å². The number of benzene rings is 1. The zero-order chi connectivity index (χ0) is 14.8. The van der Waals surface area contributed by atoms with E-state index >= 15 is 0 Å². The van der Waals surface area contributed by atoms with Crippen LogP contribution in [-0.2, 0) is 19.8 Å². The zero-order valence-electron chi connectivity index (χ0n) is 10.6. The molecule has 0 aliphatic carbocycles. The van der Waals surface area contributed by atoms with Gasteiger partial charge in [-0.25, -0.2) is 4.98 Å². The lowest BCUT2D eigenvalue weighted by molar-refractivity contribution is -0.137. The van der Waals surface area contributed by atoms with E-state index in [1.54, 1.807) is 24.0 Å². The van der Waals surface area contributed by atoms with E-state index in [1.807, 2.05) is 0 Å². The van der Waals surface area contributed by atoms with Crippen LogP contribution in [0.25, 0.3) is 0 Å². The molecule has 1 aromatic heterocycles. The Balaban J connectivity index is 2.16. The maximum atomic E-state index is 12.8. The molecule has 0 aliphatic heterocycles. The highest BCUT2D eigenvalue weighted by Gasteiger charge is 2.34. The van der Waals surface area contributed by atoms with Gasteiger partial charge in [0.2, 0.25) is 0 Å². The van der Waals surface area contributed by atoms with Gasteiger partial charge < -0.3 is 9.88 Å². The normalized spacial score (nSPS) is 11.4. The maximum absolute atomic E-state index is 12.8. The largest absolute Gasteiger partial charge is 0.417 e. The number of carbonyl (C=O) groups is 1. The molecular weight excluding hydrogens is 271 g/mol. The zero-order valence-corrected chi connectivity index (χ0v) is 10.6. The summed E-state index contributed by atoms with van der Waals surface area (Å²) >= 11 is 0. The van der Waals surface area contributed by atoms with E-state index in [0.29, 0.717) is 5.82 Å². The Morgan fingerprint density at radius 1 is 1.35 bits per heavy atom. The fourth-order valence-corrected chi connectivity index (χ4v) is 1.75. The number of nitrogens with one attached hydrogen (secondary N) is 1. The molecule has 1 aromatic carbocycles. The number of hydrogen-bond donors (Lipinski definition) is 1. The molecule has 0 radical (unpaired) electrons. The first-order valence-electron chi connectivity index (χ1n) is 5.80. The van der Waals surface area contributed by atoms with Crippen LogP contribution in [0.3, 0.4) is 0 Å². The summed E-state index contributed by atoms with van der Waals surface area (Å²) in [4.78, 5) is 15.8. The topological polar surface area (TPSA) is 46.9 Å². The summed E-state index contributed by atoms with van der Waals surface area (Å²) in [6.07, 6.45) is -1.33. The van der Waals surface area contributed by atoms with E-state index in [0.717, 1.165) is 12.1 Å². The van der Waals surface area contributed by atoms with Crippen LogP contribution in [0.2, 0.25) is 0 Å². The van der Waals surface area contributed by atoms with E-state index in [4.69, 9.17) is 0 Å². The highest BCUT2D eigenvalue weighted by molar-refractivity contribution is 5.95. The van der Waals surface area contributed by atoms with Crippen LogP contribution in [0, 0.1) is 0 Å². The SMILES string of the molecule is Cn1ccnc1CNC(=O)c1ccccc1C(F)(F)F. The minimum atomic E-state index is -4.56. The molecule has 20 heavy (non-hydrogen) atoms. The van der Waals surface area contributed by atoms with Crippen molar-refractivity contribution < 1.29 is 18.0 Å². The van der Waals surface area contributed by atoms with Gasteiger partial charge in [0.25, 0.3) is 5.91 Å². The van der Waals surface area contributed by atoms with Crippen LogP contribution in [0.15, 0.2) is 36.7 Å². The lowest BCUT2D eigenvalue weighted by Crippen LogP contribution is -2.27. The van der Waals surface area contributed by atoms with Crippen molar-refractivity contribution in [2.45, 2.75) is 12.7 Å². The molecule has 4 nitrogen and oxygen atoms in total. The summed E-state index contributed by atoms with van der Waals surface area (Å²) < 4.78 is 40.0. The average Bonchev–Trinajstić information content (AvgIpc) is 2.80. The fourth-order valence-electron chi connectivity index (χ4n) is 1.75. The number of rotatable bonds is 3. The number of amides is 1. The predicted molar refractivity (Wildman–Crippen MR) is 65.8 cm³/mol. The Morgan fingerprint density at radius 3 is 2.65 bits per heavy atom. The molecule has 0 saturated heterocycles. The van der Waals surface area contributed by atoms with E-state index in [1.165, 1.54) is 12.1 Å². The van der Waals surface area contributed by atoms with E-state index in [9.17, 15) is 18.0 Å². The number of carbonyl (C=O) groups excluding carboxylic acids is 1. The first-order valence-corrected chi connectivity index (χ1v) is 5.80. The number of halogens is 3.